The third-order valence-electron chi connectivity index (χ3n) is 4.73. The van der Waals surface area contributed by atoms with Crippen molar-refractivity contribution >= 4 is 5.91 Å². The van der Waals surface area contributed by atoms with Crippen LogP contribution >= 0.6 is 0 Å². The molecule has 150 valence electrons. The van der Waals surface area contributed by atoms with Crippen molar-refractivity contribution in [3.05, 3.63) is 54.2 Å². The number of hydrogen-bond donors (Lipinski definition) is 1. The maximum atomic E-state index is 12.9. The SMILES string of the molecule is COc1ccccc1-c1cc(C(=O)N2CCC[C@@H](Oc3ncc(F)cn3)C2)[nH]n1. The Morgan fingerprint density at radius 3 is 2.86 bits per heavy atom. The van der Waals surface area contributed by atoms with Gasteiger partial charge < -0.3 is 14.4 Å². The third kappa shape index (κ3) is 4.18. The molecule has 9 heteroatoms. The summed E-state index contributed by atoms with van der Waals surface area (Å²) in [5, 5.41) is 7.09. The van der Waals surface area contributed by atoms with Crippen molar-refractivity contribution in [1.82, 2.24) is 25.1 Å². The van der Waals surface area contributed by atoms with Gasteiger partial charge in [0.15, 0.2) is 5.82 Å². The largest absolute Gasteiger partial charge is 0.496 e. The first-order valence-corrected chi connectivity index (χ1v) is 9.26. The standard InChI is InChI=1S/C20H20FN5O3/c1-28-18-7-3-2-6-15(18)16-9-17(25-24-16)19(27)26-8-4-5-14(12-26)29-20-22-10-13(21)11-23-20/h2-3,6-7,9-11,14H,4-5,8,12H2,1H3,(H,24,25)/t14-/m1/s1. The molecule has 0 radical (unpaired) electrons. The van der Waals surface area contributed by atoms with E-state index in [9.17, 15) is 9.18 Å². The molecule has 1 aliphatic heterocycles. The topological polar surface area (TPSA) is 93.2 Å². The molecule has 4 rings (SSSR count). The Morgan fingerprint density at radius 2 is 2.07 bits per heavy atom. The summed E-state index contributed by atoms with van der Waals surface area (Å²) < 4.78 is 24.0. The van der Waals surface area contributed by atoms with Gasteiger partial charge in [-0.1, -0.05) is 12.1 Å². The first-order chi connectivity index (χ1) is 14.1. The second-order valence-corrected chi connectivity index (χ2v) is 6.68. The predicted molar refractivity (Wildman–Crippen MR) is 102 cm³/mol. The van der Waals surface area contributed by atoms with E-state index in [0.717, 1.165) is 30.8 Å². The van der Waals surface area contributed by atoms with Gasteiger partial charge in [-0.2, -0.15) is 5.10 Å². The van der Waals surface area contributed by atoms with Crippen molar-refractivity contribution in [3.63, 3.8) is 0 Å². The fraction of sp³-hybridized carbons (Fsp3) is 0.300. The number of H-pyrrole nitrogens is 1. The predicted octanol–water partition coefficient (Wildman–Crippen LogP) is 2.70. The van der Waals surface area contributed by atoms with Gasteiger partial charge >= 0.3 is 6.01 Å². The number of aromatic nitrogens is 4. The van der Waals surface area contributed by atoms with Gasteiger partial charge in [0.1, 0.15) is 17.5 Å². The van der Waals surface area contributed by atoms with Crippen LogP contribution in [0.3, 0.4) is 0 Å². The third-order valence-corrected chi connectivity index (χ3v) is 4.73. The number of ether oxygens (including phenoxy) is 2. The molecule has 3 heterocycles. The minimum absolute atomic E-state index is 0.102. The molecule has 1 fully saturated rings. The number of rotatable bonds is 5. The molecule has 0 spiro atoms. The van der Waals surface area contributed by atoms with Crippen molar-refractivity contribution in [2.45, 2.75) is 18.9 Å². The molecule has 0 aliphatic carbocycles. The average Bonchev–Trinajstić information content (AvgIpc) is 3.25. The summed E-state index contributed by atoms with van der Waals surface area (Å²) in [7, 11) is 1.59. The van der Waals surface area contributed by atoms with Crippen LogP contribution in [0.1, 0.15) is 23.3 Å². The summed E-state index contributed by atoms with van der Waals surface area (Å²) >= 11 is 0. The van der Waals surface area contributed by atoms with Gasteiger partial charge in [0.2, 0.25) is 0 Å². The Balaban J connectivity index is 1.45. The smallest absolute Gasteiger partial charge is 0.316 e. The summed E-state index contributed by atoms with van der Waals surface area (Å²) in [5.41, 5.74) is 1.83. The number of carbonyl (C=O) groups is 1. The number of amides is 1. The lowest BCUT2D eigenvalue weighted by Gasteiger charge is -2.31. The van der Waals surface area contributed by atoms with Gasteiger partial charge in [-0.3, -0.25) is 9.89 Å². The summed E-state index contributed by atoms with van der Waals surface area (Å²) in [6.07, 6.45) is 3.40. The second kappa shape index (κ2) is 8.26. The molecule has 29 heavy (non-hydrogen) atoms. The highest BCUT2D eigenvalue weighted by molar-refractivity contribution is 5.93. The number of halogens is 1. The number of nitrogens with one attached hydrogen (secondary N) is 1. The molecule has 1 aromatic carbocycles. The highest BCUT2D eigenvalue weighted by Crippen LogP contribution is 2.28. The number of benzene rings is 1. The molecule has 0 unspecified atom stereocenters. The van der Waals surface area contributed by atoms with Crippen molar-refractivity contribution in [1.29, 1.82) is 0 Å². The number of piperidine rings is 1. The van der Waals surface area contributed by atoms with Crippen molar-refractivity contribution in [3.8, 4) is 23.0 Å². The van der Waals surface area contributed by atoms with E-state index < -0.39 is 5.82 Å². The van der Waals surface area contributed by atoms with Gasteiger partial charge in [-0.15, -0.1) is 0 Å². The lowest BCUT2D eigenvalue weighted by Crippen LogP contribution is -2.44. The molecule has 1 atom stereocenters. The molecule has 3 aromatic rings. The number of carbonyl (C=O) groups excluding carboxylic acids is 1. The van der Waals surface area contributed by atoms with E-state index in [2.05, 4.69) is 20.2 Å². The number of nitrogens with zero attached hydrogens (tertiary/aromatic N) is 4. The Labute approximate surface area is 166 Å². The van der Waals surface area contributed by atoms with Crippen LogP contribution in [0.25, 0.3) is 11.3 Å². The van der Waals surface area contributed by atoms with Gasteiger partial charge in [-0.25, -0.2) is 14.4 Å². The first-order valence-electron chi connectivity index (χ1n) is 9.26. The fourth-order valence-corrected chi connectivity index (χ4v) is 3.33. The van der Waals surface area contributed by atoms with Gasteiger partial charge in [0, 0.05) is 12.1 Å². The minimum atomic E-state index is -0.525. The van der Waals surface area contributed by atoms with Crippen LogP contribution in [-0.4, -0.2) is 57.3 Å². The van der Waals surface area contributed by atoms with Gasteiger partial charge in [-0.05, 0) is 31.0 Å². The van der Waals surface area contributed by atoms with Crippen LogP contribution in [-0.2, 0) is 0 Å². The molecule has 1 aliphatic rings. The van der Waals surface area contributed by atoms with E-state index in [-0.39, 0.29) is 18.0 Å². The van der Waals surface area contributed by atoms with E-state index in [1.54, 1.807) is 18.1 Å². The number of aromatic amines is 1. The zero-order chi connectivity index (χ0) is 20.2. The van der Waals surface area contributed by atoms with Crippen molar-refractivity contribution in [2.75, 3.05) is 20.2 Å². The monoisotopic (exact) mass is 397 g/mol. The molecule has 1 saturated heterocycles. The van der Waals surface area contributed by atoms with Crippen molar-refractivity contribution < 1.29 is 18.7 Å². The van der Waals surface area contributed by atoms with E-state index in [0.29, 0.717) is 30.2 Å². The lowest BCUT2D eigenvalue weighted by atomic mass is 10.1. The lowest BCUT2D eigenvalue weighted by molar-refractivity contribution is 0.0510. The van der Waals surface area contributed by atoms with Crippen LogP contribution < -0.4 is 9.47 Å². The summed E-state index contributed by atoms with van der Waals surface area (Å²) in [6.45, 7) is 1.01. The van der Waals surface area contributed by atoms with E-state index in [1.165, 1.54) is 0 Å². The Kier molecular flexibility index (Phi) is 5.37. The number of likely N-dealkylation sites (tertiary alicyclic amines) is 1. The zero-order valence-corrected chi connectivity index (χ0v) is 15.8. The normalized spacial score (nSPS) is 16.5. The quantitative estimate of drug-likeness (QED) is 0.712. The summed E-state index contributed by atoms with van der Waals surface area (Å²) in [6, 6.07) is 9.31. The van der Waals surface area contributed by atoms with E-state index >= 15 is 0 Å². The Bertz CT molecular complexity index is 992. The summed E-state index contributed by atoms with van der Waals surface area (Å²) in [4.78, 5) is 22.3. The summed E-state index contributed by atoms with van der Waals surface area (Å²) in [5.74, 6) is -0.00130. The van der Waals surface area contributed by atoms with E-state index in [4.69, 9.17) is 9.47 Å². The molecule has 1 amide bonds. The average molecular weight is 397 g/mol. The molecular formula is C20H20FN5O3. The highest BCUT2D eigenvalue weighted by atomic mass is 19.1. The molecular weight excluding hydrogens is 377 g/mol. The maximum absolute atomic E-state index is 12.9. The molecule has 8 nitrogen and oxygen atoms in total. The highest BCUT2D eigenvalue weighted by Gasteiger charge is 2.27. The number of methoxy groups -OCH3 is 1. The number of para-hydroxylation sites is 1. The zero-order valence-electron chi connectivity index (χ0n) is 15.8. The number of hydrogen-bond acceptors (Lipinski definition) is 6. The van der Waals surface area contributed by atoms with Crippen molar-refractivity contribution in [2.24, 2.45) is 0 Å². The molecule has 1 N–H and O–H groups in total. The fourth-order valence-electron chi connectivity index (χ4n) is 3.33. The van der Waals surface area contributed by atoms with Crippen LogP contribution in [0.15, 0.2) is 42.7 Å². The van der Waals surface area contributed by atoms with Crippen LogP contribution in [0.2, 0.25) is 0 Å². The first kappa shape index (κ1) is 18.9. The van der Waals surface area contributed by atoms with Gasteiger partial charge in [0.25, 0.3) is 5.91 Å². The van der Waals surface area contributed by atoms with Crippen LogP contribution in [0.5, 0.6) is 11.8 Å². The minimum Gasteiger partial charge on any atom is -0.496 e. The van der Waals surface area contributed by atoms with E-state index in [1.807, 2.05) is 24.3 Å². The van der Waals surface area contributed by atoms with Crippen LogP contribution in [0, 0.1) is 5.82 Å². The second-order valence-electron chi connectivity index (χ2n) is 6.68. The molecule has 2 aromatic heterocycles. The van der Waals surface area contributed by atoms with Crippen LogP contribution in [0.4, 0.5) is 4.39 Å². The maximum Gasteiger partial charge on any atom is 0.316 e. The Hall–Kier alpha value is -3.49. The van der Waals surface area contributed by atoms with Gasteiger partial charge in [0.05, 0.1) is 31.7 Å². The Morgan fingerprint density at radius 1 is 1.28 bits per heavy atom. The molecule has 0 saturated carbocycles. The molecule has 0 bridgehead atoms.